The molecule has 9 heteroatoms. The van der Waals surface area contributed by atoms with Crippen molar-refractivity contribution in [2.45, 2.75) is 12.2 Å². The van der Waals surface area contributed by atoms with Gasteiger partial charge in [0.25, 0.3) is 0 Å². The number of nitrogens with one attached hydrogen (secondary N) is 1. The minimum absolute atomic E-state index is 0.000752. The van der Waals surface area contributed by atoms with Gasteiger partial charge in [0, 0.05) is 18.0 Å². The highest BCUT2D eigenvalue weighted by Gasteiger charge is 2.31. The summed E-state index contributed by atoms with van der Waals surface area (Å²) in [5, 5.41) is 14.7. The van der Waals surface area contributed by atoms with Crippen LogP contribution in [0, 0.1) is 0 Å². The molecule has 20 heavy (non-hydrogen) atoms. The number of halogens is 3. The molecule has 0 amide bonds. The Kier molecular flexibility index (Phi) is 5.36. The maximum absolute atomic E-state index is 12.6. The van der Waals surface area contributed by atoms with E-state index in [4.69, 9.17) is 10.6 Å². The van der Waals surface area contributed by atoms with Gasteiger partial charge in [-0.05, 0) is 23.2 Å². The average Bonchev–Trinajstić information content (AvgIpc) is 2.37. The summed E-state index contributed by atoms with van der Waals surface area (Å²) in [6.45, 7) is 0.0382. The van der Waals surface area contributed by atoms with Crippen molar-refractivity contribution in [2.75, 3.05) is 13.1 Å². The molecule has 108 valence electrons. The molecule has 6 nitrogen and oxygen atoms in total. The van der Waals surface area contributed by atoms with Gasteiger partial charge in [0.15, 0.2) is 0 Å². The largest absolute Gasteiger partial charge is 0.480 e. The van der Waals surface area contributed by atoms with Gasteiger partial charge in [-0.3, -0.25) is 4.79 Å². The van der Waals surface area contributed by atoms with Crippen LogP contribution in [-0.4, -0.2) is 24.2 Å². The molecule has 1 unspecified atom stereocenters. The molecule has 0 saturated carbocycles. The Morgan fingerprint density at radius 1 is 1.50 bits per heavy atom. The van der Waals surface area contributed by atoms with E-state index in [1.807, 2.05) is 0 Å². The topological polar surface area (TPSA) is 98.1 Å². The molecule has 0 aromatic heterocycles. The summed E-state index contributed by atoms with van der Waals surface area (Å²) in [5.41, 5.74) is 7.13. The van der Waals surface area contributed by atoms with Crippen molar-refractivity contribution in [3.63, 3.8) is 0 Å². The molecular weight excluding hydrogens is 277 g/mol. The fourth-order valence-electron chi connectivity index (χ4n) is 1.55. The molecule has 0 aliphatic rings. The van der Waals surface area contributed by atoms with Crippen LogP contribution in [0.15, 0.2) is 29.4 Å². The van der Waals surface area contributed by atoms with Gasteiger partial charge < -0.3 is 10.4 Å². The Hall–Kier alpha value is -2.25. The zero-order valence-corrected chi connectivity index (χ0v) is 10.1. The number of nitrogens with zero attached hydrogens (tertiary/aromatic N) is 3. The Morgan fingerprint density at radius 3 is 2.75 bits per heavy atom. The summed E-state index contributed by atoms with van der Waals surface area (Å²) >= 11 is 0. The molecule has 0 heterocycles. The first-order chi connectivity index (χ1) is 9.36. The van der Waals surface area contributed by atoms with E-state index >= 15 is 0 Å². The minimum atomic E-state index is -4.54. The number of hydrogen-bond acceptors (Lipinski definition) is 3. The van der Waals surface area contributed by atoms with Crippen molar-refractivity contribution in [2.24, 2.45) is 5.11 Å². The van der Waals surface area contributed by atoms with Gasteiger partial charge in [-0.15, -0.1) is 0 Å². The van der Waals surface area contributed by atoms with E-state index in [-0.39, 0.29) is 18.7 Å². The van der Waals surface area contributed by atoms with Crippen LogP contribution < -0.4 is 5.32 Å². The van der Waals surface area contributed by atoms with Crippen molar-refractivity contribution >= 4 is 5.97 Å². The Bertz CT molecular complexity index is 527. The summed E-state index contributed by atoms with van der Waals surface area (Å²) in [7, 11) is 0. The van der Waals surface area contributed by atoms with Crippen molar-refractivity contribution < 1.29 is 23.1 Å². The Labute approximate surface area is 111 Å². The highest BCUT2D eigenvalue weighted by molar-refractivity contribution is 5.75. The van der Waals surface area contributed by atoms with Crippen molar-refractivity contribution in [3.8, 4) is 0 Å². The third kappa shape index (κ3) is 4.45. The molecule has 0 radical (unpaired) electrons. The maximum atomic E-state index is 12.6. The molecule has 0 spiro atoms. The van der Waals surface area contributed by atoms with Crippen LogP contribution in [0.25, 0.3) is 10.4 Å². The molecule has 0 bridgehead atoms. The molecule has 0 aliphatic heterocycles. The van der Waals surface area contributed by atoms with Crippen molar-refractivity contribution in [3.05, 3.63) is 45.8 Å². The van der Waals surface area contributed by atoms with E-state index in [1.54, 1.807) is 0 Å². The lowest BCUT2D eigenvalue weighted by molar-refractivity contribution is -0.140. The molecule has 1 rings (SSSR count). The van der Waals surface area contributed by atoms with Gasteiger partial charge in [0.2, 0.25) is 0 Å². The summed E-state index contributed by atoms with van der Waals surface area (Å²) < 4.78 is 37.7. The lowest BCUT2D eigenvalue weighted by Gasteiger charge is -2.16. The van der Waals surface area contributed by atoms with Gasteiger partial charge in [-0.25, -0.2) is 0 Å². The number of hydrogen-bond donors (Lipinski definition) is 2. The fourth-order valence-corrected chi connectivity index (χ4v) is 1.55. The first-order valence-electron chi connectivity index (χ1n) is 5.50. The number of carboxylic acid groups (broad SMARTS) is 1. The fraction of sp³-hybridized carbons (Fsp3) is 0.364. The van der Waals surface area contributed by atoms with E-state index in [1.165, 1.54) is 6.07 Å². The van der Waals surface area contributed by atoms with Crippen LogP contribution in [0.3, 0.4) is 0 Å². The number of carbonyl (C=O) groups is 1. The first kappa shape index (κ1) is 15.8. The zero-order chi connectivity index (χ0) is 15.2. The second-order valence-electron chi connectivity index (χ2n) is 3.80. The van der Waals surface area contributed by atoms with Crippen LogP contribution >= 0.6 is 0 Å². The Balaban J connectivity index is 2.92. The van der Waals surface area contributed by atoms with Crippen LogP contribution in [0.2, 0.25) is 0 Å². The van der Waals surface area contributed by atoms with Crippen molar-refractivity contribution in [1.82, 2.24) is 5.32 Å². The summed E-state index contributed by atoms with van der Waals surface area (Å²) in [4.78, 5) is 13.6. The molecule has 0 aliphatic carbocycles. The zero-order valence-electron chi connectivity index (χ0n) is 10.1. The quantitative estimate of drug-likeness (QED) is 0.364. The molecule has 1 atom stereocenters. The number of rotatable bonds is 6. The molecule has 0 fully saturated rings. The molecule has 2 N–H and O–H groups in total. The molecule has 1 aromatic rings. The first-order valence-corrected chi connectivity index (χ1v) is 5.50. The monoisotopic (exact) mass is 288 g/mol. The number of azide groups is 1. The smallest absolute Gasteiger partial charge is 0.416 e. The van der Waals surface area contributed by atoms with Crippen LogP contribution in [0.5, 0.6) is 0 Å². The SMILES string of the molecule is [N-]=[N+]=NCCNC(C(=O)O)c1cccc(C(F)(F)F)c1. The second-order valence-corrected chi connectivity index (χ2v) is 3.80. The predicted molar refractivity (Wildman–Crippen MR) is 63.8 cm³/mol. The van der Waals surface area contributed by atoms with Gasteiger partial charge in [0.1, 0.15) is 6.04 Å². The standard InChI is InChI=1S/C11H11F3N4O2/c12-11(13,14)8-3-1-2-7(6-8)9(10(19)20)16-4-5-17-18-15/h1-3,6,9,16H,4-5H2,(H,19,20). The van der Waals surface area contributed by atoms with E-state index in [0.717, 1.165) is 18.2 Å². The third-order valence-electron chi connectivity index (χ3n) is 2.42. The number of benzene rings is 1. The number of aliphatic carboxylic acids is 1. The van der Waals surface area contributed by atoms with Gasteiger partial charge in [-0.2, -0.15) is 13.2 Å². The van der Waals surface area contributed by atoms with E-state index < -0.39 is 23.8 Å². The van der Waals surface area contributed by atoms with Gasteiger partial charge in [0.05, 0.1) is 5.56 Å². The lowest BCUT2D eigenvalue weighted by Crippen LogP contribution is -2.30. The average molecular weight is 288 g/mol. The summed E-state index contributed by atoms with van der Waals surface area (Å²) in [6, 6.07) is 2.77. The number of alkyl halides is 3. The van der Waals surface area contributed by atoms with E-state index in [0.29, 0.717) is 0 Å². The predicted octanol–water partition coefficient (Wildman–Crippen LogP) is 2.73. The molecule has 1 aromatic carbocycles. The number of carboxylic acids is 1. The van der Waals surface area contributed by atoms with Crippen LogP contribution in [0.4, 0.5) is 13.2 Å². The normalized spacial score (nSPS) is 12.6. The van der Waals surface area contributed by atoms with E-state index in [2.05, 4.69) is 15.3 Å². The summed E-state index contributed by atoms with van der Waals surface area (Å²) in [5.74, 6) is -1.31. The van der Waals surface area contributed by atoms with Gasteiger partial charge >= 0.3 is 12.1 Å². The van der Waals surface area contributed by atoms with Crippen LogP contribution in [0.1, 0.15) is 17.2 Å². The minimum Gasteiger partial charge on any atom is -0.480 e. The van der Waals surface area contributed by atoms with E-state index in [9.17, 15) is 18.0 Å². The second kappa shape index (κ2) is 6.78. The van der Waals surface area contributed by atoms with Crippen LogP contribution in [-0.2, 0) is 11.0 Å². The highest BCUT2D eigenvalue weighted by Crippen LogP contribution is 2.30. The summed E-state index contributed by atoms with van der Waals surface area (Å²) in [6.07, 6.45) is -4.54. The maximum Gasteiger partial charge on any atom is 0.416 e. The van der Waals surface area contributed by atoms with Crippen molar-refractivity contribution in [1.29, 1.82) is 0 Å². The lowest BCUT2D eigenvalue weighted by atomic mass is 10.0. The Morgan fingerprint density at radius 2 is 2.20 bits per heavy atom. The highest BCUT2D eigenvalue weighted by atomic mass is 19.4. The third-order valence-corrected chi connectivity index (χ3v) is 2.42. The van der Waals surface area contributed by atoms with Gasteiger partial charge in [-0.1, -0.05) is 17.2 Å². The molecular formula is C11H11F3N4O2. The molecule has 0 saturated heterocycles.